The summed E-state index contributed by atoms with van der Waals surface area (Å²) < 4.78 is 19.4. The number of hydrogen-bond acceptors (Lipinski definition) is 2. The Morgan fingerprint density at radius 2 is 1.43 bits per heavy atom. The maximum absolute atomic E-state index is 9.71. The summed E-state index contributed by atoms with van der Waals surface area (Å²) in [6, 6.07) is 0. The molecule has 0 aliphatic heterocycles. The topological polar surface area (TPSA) is 73.9 Å². The van der Waals surface area contributed by atoms with E-state index in [2.05, 4.69) is 0 Å². The minimum absolute atomic E-state index is 0.609. The summed E-state index contributed by atoms with van der Waals surface area (Å²) in [6.45, 7) is 0. The number of sulfone groups is 1. The van der Waals surface area contributed by atoms with Crippen LogP contribution in [0.25, 0.3) is 0 Å². The maximum Gasteiger partial charge on any atom is 0.322 e. The van der Waals surface area contributed by atoms with Crippen LogP contribution in [0.5, 0.6) is 0 Å². The summed E-state index contributed by atoms with van der Waals surface area (Å²) in [4.78, 5) is 0. The van der Waals surface area contributed by atoms with Gasteiger partial charge in [0.2, 0.25) is 9.84 Å². The van der Waals surface area contributed by atoms with E-state index in [9.17, 15) is 18.6 Å². The van der Waals surface area contributed by atoms with Crippen LogP contribution in [-0.4, -0.2) is 20.3 Å². The lowest BCUT2D eigenvalue weighted by molar-refractivity contribution is -0.0720. The molecule has 0 heterocycles. The predicted molar refractivity (Wildman–Crippen MR) is 20.0 cm³/mol. The smallest absolute Gasteiger partial charge is 0.224 e. The molecule has 5 heteroatoms. The number of rotatable bonds is 1. The van der Waals surface area contributed by atoms with Gasteiger partial charge in [0.1, 0.15) is 0 Å². The Balaban J connectivity index is 4.10. The van der Waals surface area contributed by atoms with E-state index < -0.39 is 15.5 Å². The molecule has 0 aromatic rings. The molecule has 0 fully saturated rings. The van der Waals surface area contributed by atoms with Gasteiger partial charge in [0.15, 0.2) is 0 Å². The fourth-order valence-electron chi connectivity index (χ4n) is 0. The Morgan fingerprint density at radius 3 is 1.43 bits per heavy atom. The second-order valence-corrected chi connectivity index (χ2v) is 3.16. The first-order valence-electron chi connectivity index (χ1n) is 1.45. The normalized spacial score (nSPS) is 12.6. The van der Waals surface area contributed by atoms with Gasteiger partial charge in [-0.25, -0.2) is 8.42 Å². The van der Waals surface area contributed by atoms with E-state index >= 15 is 0 Å². The summed E-state index contributed by atoms with van der Waals surface area (Å²) in [6.07, 6.45) is 0.609. The molecule has 0 atom stereocenters. The van der Waals surface area contributed by atoms with E-state index in [0.29, 0.717) is 6.26 Å². The van der Waals surface area contributed by atoms with Crippen molar-refractivity contribution < 1.29 is 18.6 Å². The zero-order valence-electron chi connectivity index (χ0n) is 3.62. The van der Waals surface area contributed by atoms with E-state index in [1.54, 1.807) is 0 Å². The second-order valence-electron chi connectivity index (χ2n) is 1.12. The van der Waals surface area contributed by atoms with Crippen molar-refractivity contribution >= 4 is 9.84 Å². The summed E-state index contributed by atoms with van der Waals surface area (Å²) >= 11 is 0. The Hall–Kier alpha value is -0.130. The third-order valence-corrected chi connectivity index (χ3v) is 1.05. The molecule has 0 amide bonds. The Kier molecular flexibility index (Phi) is 1.74. The van der Waals surface area contributed by atoms with Gasteiger partial charge >= 0.3 is 5.62 Å². The third-order valence-electron chi connectivity index (χ3n) is 0.350. The highest BCUT2D eigenvalue weighted by Crippen LogP contribution is 1.87. The predicted octanol–water partition coefficient (Wildman–Crippen LogP) is -0.824. The average Bonchev–Trinajstić information content (AvgIpc) is 1.31. The molecule has 0 spiro atoms. The van der Waals surface area contributed by atoms with E-state index in [0.717, 1.165) is 0 Å². The van der Waals surface area contributed by atoms with Crippen LogP contribution in [0.3, 0.4) is 0 Å². The fourth-order valence-corrected chi connectivity index (χ4v) is 0. The quantitative estimate of drug-likeness (QED) is 0.428. The van der Waals surface area contributed by atoms with Gasteiger partial charge in [0.25, 0.3) is 0 Å². The highest BCUT2D eigenvalue weighted by molar-refractivity contribution is 7.90. The molecule has 2 radical (unpaired) electrons. The van der Waals surface area contributed by atoms with Crippen LogP contribution in [0.4, 0.5) is 0 Å². The van der Waals surface area contributed by atoms with Crippen molar-refractivity contribution in [1.29, 1.82) is 0 Å². The molecule has 7 heavy (non-hydrogen) atoms. The van der Waals surface area contributed by atoms with Gasteiger partial charge in [-0.2, -0.15) is 10.2 Å². The average molecular weight is 124 g/mol. The first kappa shape index (κ1) is 6.87. The van der Waals surface area contributed by atoms with Crippen LogP contribution >= 0.6 is 0 Å². The molecular weight excluding hydrogens is 120 g/mol. The molecule has 0 aliphatic rings. The van der Waals surface area contributed by atoms with Gasteiger partial charge in [-0.05, 0) is 0 Å². The standard InChI is InChI=1S/C2H4O4S/c1-7(5,6)2(3)4/h2H,1H3. The molecule has 0 rings (SSSR count). The van der Waals surface area contributed by atoms with Crippen LogP contribution in [0.15, 0.2) is 0 Å². The van der Waals surface area contributed by atoms with Gasteiger partial charge in [0.05, 0.1) is 0 Å². The van der Waals surface area contributed by atoms with E-state index in [-0.39, 0.29) is 0 Å². The summed E-state index contributed by atoms with van der Waals surface area (Å²) in [7, 11) is -3.85. The first-order chi connectivity index (χ1) is 2.94. The van der Waals surface area contributed by atoms with Gasteiger partial charge in [0, 0.05) is 6.26 Å². The molecule has 0 aliphatic carbocycles. The minimum Gasteiger partial charge on any atom is -0.224 e. The Labute approximate surface area is 41.3 Å². The van der Waals surface area contributed by atoms with E-state index in [1.807, 2.05) is 0 Å². The molecular formula is C2H4O4S. The summed E-state index contributed by atoms with van der Waals surface area (Å²) in [5, 5.41) is 18.8. The second kappa shape index (κ2) is 1.77. The molecule has 0 unspecified atom stereocenters. The summed E-state index contributed by atoms with van der Waals surface area (Å²) in [5.41, 5.74) is -2.73. The van der Waals surface area contributed by atoms with Gasteiger partial charge in [-0.15, -0.1) is 0 Å². The van der Waals surface area contributed by atoms with Crippen molar-refractivity contribution in [3.8, 4) is 0 Å². The van der Waals surface area contributed by atoms with E-state index in [4.69, 9.17) is 0 Å². The molecule has 42 valence electrons. The van der Waals surface area contributed by atoms with Crippen molar-refractivity contribution in [1.82, 2.24) is 0 Å². The van der Waals surface area contributed by atoms with Crippen molar-refractivity contribution in [3.63, 3.8) is 0 Å². The zero-order valence-corrected chi connectivity index (χ0v) is 4.44. The Morgan fingerprint density at radius 1 is 1.29 bits per heavy atom. The van der Waals surface area contributed by atoms with E-state index in [1.165, 1.54) is 0 Å². The molecule has 4 nitrogen and oxygen atoms in total. The van der Waals surface area contributed by atoms with Crippen molar-refractivity contribution in [3.05, 3.63) is 0 Å². The van der Waals surface area contributed by atoms with Gasteiger partial charge < -0.3 is 0 Å². The maximum atomic E-state index is 9.71. The van der Waals surface area contributed by atoms with Crippen molar-refractivity contribution in [2.24, 2.45) is 0 Å². The van der Waals surface area contributed by atoms with Crippen LogP contribution in [0, 0.1) is 0 Å². The number of hydrogen-bond donors (Lipinski definition) is 0. The van der Waals surface area contributed by atoms with Crippen molar-refractivity contribution in [2.45, 2.75) is 5.62 Å². The minimum atomic E-state index is -3.85. The molecule has 0 aromatic heterocycles. The lowest BCUT2D eigenvalue weighted by atomic mass is 11.5. The lowest BCUT2D eigenvalue weighted by Crippen LogP contribution is -2.14. The van der Waals surface area contributed by atoms with Crippen LogP contribution in [0.1, 0.15) is 0 Å². The van der Waals surface area contributed by atoms with Crippen LogP contribution in [0.2, 0.25) is 0 Å². The molecule has 0 saturated carbocycles. The highest BCUT2D eigenvalue weighted by Gasteiger charge is 2.15. The monoisotopic (exact) mass is 124 g/mol. The van der Waals surface area contributed by atoms with Crippen LogP contribution < -0.4 is 0 Å². The highest BCUT2D eigenvalue weighted by atomic mass is 32.2. The van der Waals surface area contributed by atoms with Crippen LogP contribution in [-0.2, 0) is 20.1 Å². The van der Waals surface area contributed by atoms with Gasteiger partial charge in [-0.3, -0.25) is 0 Å². The van der Waals surface area contributed by atoms with Crippen molar-refractivity contribution in [2.75, 3.05) is 6.26 Å². The zero-order chi connectivity index (χ0) is 6.08. The molecule has 0 saturated heterocycles. The SMILES string of the molecule is CS(=O)(=O)C([O])[O]. The summed E-state index contributed by atoms with van der Waals surface area (Å²) in [5.74, 6) is 0. The lowest BCUT2D eigenvalue weighted by Gasteiger charge is -1.88. The first-order valence-corrected chi connectivity index (χ1v) is 3.40. The van der Waals surface area contributed by atoms with Gasteiger partial charge in [-0.1, -0.05) is 0 Å². The Bertz CT molecular complexity index is 132. The third kappa shape index (κ3) is 2.55. The molecule has 0 aromatic carbocycles. The largest absolute Gasteiger partial charge is 0.322 e. The molecule has 0 bridgehead atoms. The molecule has 0 N–H and O–H groups in total. The fraction of sp³-hybridized carbons (Fsp3) is 1.00.